The maximum absolute atomic E-state index is 14.0. The largest absolute Gasteiger partial charge is 0.358 e. The summed E-state index contributed by atoms with van der Waals surface area (Å²) in [6, 6.07) is 25.7. The van der Waals surface area contributed by atoms with Gasteiger partial charge >= 0.3 is 0 Å². The van der Waals surface area contributed by atoms with Gasteiger partial charge < -0.3 is 10.3 Å². The Labute approximate surface area is 239 Å². The van der Waals surface area contributed by atoms with E-state index in [9.17, 15) is 9.18 Å². The topological polar surface area (TPSA) is 44.9 Å². The van der Waals surface area contributed by atoms with Gasteiger partial charge in [0.15, 0.2) is 0 Å². The van der Waals surface area contributed by atoms with Crippen LogP contribution in [0, 0.1) is 5.82 Å². The van der Waals surface area contributed by atoms with E-state index in [0.29, 0.717) is 6.42 Å². The standard InChI is InChI=1S/C32H33FN2O.2C2H6/c1-31(23-10-7-11-24(33)19-23)14-16-32(17-15-31)21-25(34-29(36)18-22-8-3-2-4-9-22)20-27-26-12-5-6-13-28(26)35-30(27)32;2*1-2/h2-13,19,25,35H,14-18,20-21H2,1H3,(H,34,36);2*1-2H3. The lowest BCUT2D eigenvalue weighted by Crippen LogP contribution is -2.49. The Hall–Kier alpha value is -3.40. The van der Waals surface area contributed by atoms with Crippen LogP contribution in [0.3, 0.4) is 0 Å². The van der Waals surface area contributed by atoms with Crippen molar-refractivity contribution in [1.29, 1.82) is 0 Å². The number of H-pyrrole nitrogens is 1. The second-order valence-electron chi connectivity index (χ2n) is 11.2. The third-order valence-electron chi connectivity index (χ3n) is 8.84. The number of aromatic nitrogens is 1. The molecule has 1 unspecified atom stereocenters. The number of para-hydroxylation sites is 1. The molecule has 0 saturated heterocycles. The third kappa shape index (κ3) is 6.01. The van der Waals surface area contributed by atoms with Crippen LogP contribution in [0.25, 0.3) is 10.9 Å². The molecule has 1 saturated carbocycles. The van der Waals surface area contributed by atoms with Gasteiger partial charge in [0.25, 0.3) is 0 Å². The maximum Gasteiger partial charge on any atom is 0.224 e. The molecule has 1 fully saturated rings. The molecule has 40 heavy (non-hydrogen) atoms. The van der Waals surface area contributed by atoms with Crippen molar-refractivity contribution in [2.75, 3.05) is 0 Å². The fourth-order valence-electron chi connectivity index (χ4n) is 6.81. The highest BCUT2D eigenvalue weighted by atomic mass is 19.1. The number of amides is 1. The molecule has 2 aliphatic carbocycles. The Bertz CT molecular complexity index is 1400. The number of nitrogens with one attached hydrogen (secondary N) is 2. The van der Waals surface area contributed by atoms with Crippen molar-refractivity contribution in [3.63, 3.8) is 0 Å². The summed E-state index contributed by atoms with van der Waals surface area (Å²) in [5, 5.41) is 4.66. The third-order valence-corrected chi connectivity index (χ3v) is 8.84. The first-order valence-electron chi connectivity index (χ1n) is 15.1. The zero-order chi connectivity index (χ0) is 28.8. The van der Waals surface area contributed by atoms with Gasteiger partial charge in [-0.15, -0.1) is 0 Å². The van der Waals surface area contributed by atoms with E-state index in [0.717, 1.165) is 49.7 Å². The fraction of sp³-hybridized carbons (Fsp3) is 0.417. The highest BCUT2D eigenvalue weighted by Gasteiger charge is 2.48. The van der Waals surface area contributed by atoms with E-state index in [4.69, 9.17) is 0 Å². The van der Waals surface area contributed by atoms with Crippen molar-refractivity contribution in [3.05, 3.63) is 107 Å². The van der Waals surface area contributed by atoms with E-state index in [1.165, 1.54) is 28.2 Å². The lowest BCUT2D eigenvalue weighted by molar-refractivity contribution is -0.121. The van der Waals surface area contributed by atoms with Gasteiger partial charge in [-0.05, 0) is 78.8 Å². The van der Waals surface area contributed by atoms with Crippen molar-refractivity contribution in [1.82, 2.24) is 10.3 Å². The molecule has 2 aliphatic rings. The number of hydrogen-bond donors (Lipinski definition) is 2. The minimum absolute atomic E-state index is 0.00979. The second kappa shape index (κ2) is 12.8. The normalized spacial score (nSPS) is 23.3. The molecule has 1 spiro atoms. The highest BCUT2D eigenvalue weighted by molar-refractivity contribution is 5.86. The van der Waals surface area contributed by atoms with Gasteiger partial charge in [-0.2, -0.15) is 0 Å². The van der Waals surface area contributed by atoms with Crippen LogP contribution in [0.4, 0.5) is 4.39 Å². The van der Waals surface area contributed by atoms with Crippen LogP contribution in [-0.2, 0) is 28.5 Å². The summed E-state index contributed by atoms with van der Waals surface area (Å²) in [5.74, 6) is -0.0733. The summed E-state index contributed by atoms with van der Waals surface area (Å²) in [4.78, 5) is 16.8. The van der Waals surface area contributed by atoms with Crippen molar-refractivity contribution in [2.45, 2.75) is 96.4 Å². The Kier molecular flexibility index (Phi) is 9.50. The average molecular weight is 541 g/mol. The maximum atomic E-state index is 14.0. The minimum Gasteiger partial charge on any atom is -0.358 e. The Morgan fingerprint density at radius 3 is 2.27 bits per heavy atom. The van der Waals surface area contributed by atoms with E-state index in [1.807, 2.05) is 64.1 Å². The number of hydrogen-bond acceptors (Lipinski definition) is 1. The lowest BCUT2D eigenvalue weighted by Gasteiger charge is -2.49. The predicted molar refractivity (Wildman–Crippen MR) is 165 cm³/mol. The number of carbonyl (C=O) groups is 1. The molecule has 0 radical (unpaired) electrons. The monoisotopic (exact) mass is 540 g/mol. The second-order valence-corrected chi connectivity index (χ2v) is 11.2. The van der Waals surface area contributed by atoms with Gasteiger partial charge in [0, 0.05) is 28.1 Å². The number of benzene rings is 3. The van der Waals surface area contributed by atoms with Crippen molar-refractivity contribution < 1.29 is 9.18 Å². The number of halogens is 1. The molecule has 212 valence electrons. The number of rotatable bonds is 4. The number of fused-ring (bicyclic) bond motifs is 4. The van der Waals surface area contributed by atoms with Gasteiger partial charge in [0.1, 0.15) is 5.82 Å². The lowest BCUT2D eigenvalue weighted by atomic mass is 9.57. The molecule has 2 N–H and O–H groups in total. The molecule has 1 amide bonds. The zero-order valence-corrected chi connectivity index (χ0v) is 24.8. The molecule has 4 heteroatoms. The quantitative estimate of drug-likeness (QED) is 0.267. The van der Waals surface area contributed by atoms with Gasteiger partial charge in [0.2, 0.25) is 5.91 Å². The summed E-state index contributed by atoms with van der Waals surface area (Å²) >= 11 is 0. The fourth-order valence-corrected chi connectivity index (χ4v) is 6.81. The molecular formula is C36H45FN2O. The van der Waals surface area contributed by atoms with Gasteiger partial charge in [-0.1, -0.05) is 95.3 Å². The molecule has 1 heterocycles. The van der Waals surface area contributed by atoms with Crippen molar-refractivity contribution in [3.8, 4) is 0 Å². The van der Waals surface area contributed by atoms with Crippen molar-refractivity contribution >= 4 is 16.8 Å². The van der Waals surface area contributed by atoms with Crippen LogP contribution < -0.4 is 5.32 Å². The summed E-state index contributed by atoms with van der Waals surface area (Å²) in [6.45, 7) is 10.3. The number of aromatic amines is 1. The van der Waals surface area contributed by atoms with Gasteiger partial charge in [0.05, 0.1) is 6.42 Å². The van der Waals surface area contributed by atoms with Crippen LogP contribution in [0.15, 0.2) is 78.9 Å². The van der Waals surface area contributed by atoms with E-state index >= 15 is 0 Å². The molecule has 3 aromatic carbocycles. The molecule has 1 atom stereocenters. The summed E-state index contributed by atoms with van der Waals surface area (Å²) in [6.07, 6.45) is 6.22. The highest BCUT2D eigenvalue weighted by Crippen LogP contribution is 2.53. The Morgan fingerprint density at radius 2 is 1.57 bits per heavy atom. The molecule has 6 rings (SSSR count). The van der Waals surface area contributed by atoms with E-state index in [2.05, 4.69) is 47.6 Å². The van der Waals surface area contributed by atoms with E-state index in [1.54, 1.807) is 6.07 Å². The van der Waals surface area contributed by atoms with E-state index in [-0.39, 0.29) is 28.6 Å². The summed E-state index contributed by atoms with van der Waals surface area (Å²) in [5.41, 5.74) is 5.98. The first-order valence-corrected chi connectivity index (χ1v) is 15.1. The van der Waals surface area contributed by atoms with Crippen LogP contribution >= 0.6 is 0 Å². The summed E-state index contributed by atoms with van der Waals surface area (Å²) < 4.78 is 14.0. The molecule has 3 nitrogen and oxygen atoms in total. The smallest absolute Gasteiger partial charge is 0.224 e. The predicted octanol–water partition coefficient (Wildman–Crippen LogP) is 8.80. The van der Waals surface area contributed by atoms with Gasteiger partial charge in [-0.3, -0.25) is 4.79 Å². The van der Waals surface area contributed by atoms with Gasteiger partial charge in [-0.25, -0.2) is 4.39 Å². The average Bonchev–Trinajstić information content (AvgIpc) is 3.37. The van der Waals surface area contributed by atoms with Crippen LogP contribution in [0.5, 0.6) is 0 Å². The molecule has 1 aromatic heterocycles. The SMILES string of the molecule is CC.CC.CC1(c2cccc(F)c2)CCC2(CC1)CC(NC(=O)Cc1ccccc1)Cc1c2[nH]c2ccccc12. The molecule has 0 bridgehead atoms. The van der Waals surface area contributed by atoms with Crippen molar-refractivity contribution in [2.24, 2.45) is 0 Å². The molecule has 0 aliphatic heterocycles. The molecule has 4 aromatic rings. The van der Waals surface area contributed by atoms with Crippen LogP contribution in [0.2, 0.25) is 0 Å². The summed E-state index contributed by atoms with van der Waals surface area (Å²) in [7, 11) is 0. The minimum atomic E-state index is -0.161. The van der Waals surface area contributed by atoms with Crippen LogP contribution in [0.1, 0.15) is 89.1 Å². The first kappa shape index (κ1) is 29.6. The Morgan fingerprint density at radius 1 is 0.900 bits per heavy atom. The Balaban J connectivity index is 0.000000886. The molecular weight excluding hydrogens is 495 g/mol. The van der Waals surface area contributed by atoms with E-state index < -0.39 is 0 Å². The number of carbonyl (C=O) groups excluding carboxylic acids is 1. The zero-order valence-electron chi connectivity index (χ0n) is 24.8. The van der Waals surface area contributed by atoms with Crippen LogP contribution in [-0.4, -0.2) is 16.9 Å². The first-order chi connectivity index (χ1) is 19.4.